The fraction of sp³-hybridized carbons (Fsp3) is 0.818. The van der Waals surface area contributed by atoms with Crippen LogP contribution in [0.5, 0.6) is 0 Å². The molecule has 1 saturated heterocycles. The highest BCUT2D eigenvalue weighted by molar-refractivity contribution is 7.88. The lowest BCUT2D eigenvalue weighted by Crippen LogP contribution is -2.39. The Bertz CT molecular complexity index is 590. The lowest BCUT2D eigenvalue weighted by molar-refractivity contribution is 0.305. The molecule has 8 heteroatoms. The van der Waals surface area contributed by atoms with Crippen molar-refractivity contribution in [3.8, 4) is 0 Å². The number of sulfonamides is 1. The van der Waals surface area contributed by atoms with Crippen LogP contribution in [0.2, 0.25) is 0 Å². The Kier molecular flexibility index (Phi) is 4.42. The van der Waals surface area contributed by atoms with Crippen molar-refractivity contribution >= 4 is 22.2 Å². The lowest BCUT2D eigenvalue weighted by Gasteiger charge is -2.30. The molecule has 2 heterocycles. The summed E-state index contributed by atoms with van der Waals surface area (Å²) in [4.78, 5) is 0. The van der Waals surface area contributed by atoms with Gasteiger partial charge in [0.1, 0.15) is 5.82 Å². The molecule has 1 N–H and O–H groups in total. The SMILES string of the molecule is CCCn1c([C@H]2CCCN(S(C)(=O)=O)C2)n[nH]c1=S. The van der Waals surface area contributed by atoms with Crippen LogP contribution in [0.25, 0.3) is 0 Å². The summed E-state index contributed by atoms with van der Waals surface area (Å²) in [5.41, 5.74) is 0. The molecule has 0 unspecified atom stereocenters. The van der Waals surface area contributed by atoms with E-state index in [0.29, 0.717) is 17.9 Å². The Labute approximate surface area is 118 Å². The third-order valence-electron chi connectivity index (χ3n) is 3.45. The van der Waals surface area contributed by atoms with Gasteiger partial charge in [-0.05, 0) is 31.5 Å². The molecule has 0 radical (unpaired) electrons. The zero-order chi connectivity index (χ0) is 14.0. The van der Waals surface area contributed by atoms with E-state index in [1.165, 1.54) is 10.6 Å². The van der Waals surface area contributed by atoms with E-state index in [9.17, 15) is 8.42 Å². The van der Waals surface area contributed by atoms with E-state index in [4.69, 9.17) is 12.2 Å². The molecule has 6 nitrogen and oxygen atoms in total. The summed E-state index contributed by atoms with van der Waals surface area (Å²) < 4.78 is 27.4. The predicted octanol–water partition coefficient (Wildman–Crippen LogP) is 1.49. The van der Waals surface area contributed by atoms with Crippen LogP contribution in [-0.2, 0) is 16.6 Å². The Morgan fingerprint density at radius 2 is 2.26 bits per heavy atom. The van der Waals surface area contributed by atoms with Gasteiger partial charge in [-0.15, -0.1) is 0 Å². The van der Waals surface area contributed by atoms with E-state index in [0.717, 1.165) is 31.6 Å². The van der Waals surface area contributed by atoms with Gasteiger partial charge in [-0.2, -0.15) is 5.10 Å². The third kappa shape index (κ3) is 3.24. The molecular formula is C11H20N4O2S2. The summed E-state index contributed by atoms with van der Waals surface area (Å²) in [7, 11) is -3.13. The highest BCUT2D eigenvalue weighted by Gasteiger charge is 2.29. The standard InChI is InChI=1S/C11H20N4O2S2/c1-3-6-15-10(12-13-11(15)18)9-5-4-7-14(8-9)19(2,16)17/h9H,3-8H2,1-2H3,(H,13,18)/t9-/m0/s1. The highest BCUT2D eigenvalue weighted by atomic mass is 32.2. The Morgan fingerprint density at radius 3 is 2.89 bits per heavy atom. The maximum absolute atomic E-state index is 11.6. The van der Waals surface area contributed by atoms with Crippen LogP contribution >= 0.6 is 12.2 Å². The van der Waals surface area contributed by atoms with E-state index in [1.54, 1.807) is 0 Å². The molecule has 19 heavy (non-hydrogen) atoms. The van der Waals surface area contributed by atoms with Crippen LogP contribution in [0.1, 0.15) is 37.9 Å². The summed E-state index contributed by atoms with van der Waals surface area (Å²) in [6.07, 6.45) is 4.06. The minimum absolute atomic E-state index is 0.128. The molecule has 0 aromatic carbocycles. The molecule has 1 aliphatic heterocycles. The zero-order valence-corrected chi connectivity index (χ0v) is 12.9. The molecule has 0 aliphatic carbocycles. The van der Waals surface area contributed by atoms with Crippen LogP contribution in [0.4, 0.5) is 0 Å². The van der Waals surface area contributed by atoms with Gasteiger partial charge in [-0.25, -0.2) is 12.7 Å². The summed E-state index contributed by atoms with van der Waals surface area (Å²) in [6, 6.07) is 0. The van der Waals surface area contributed by atoms with Gasteiger partial charge in [-0.1, -0.05) is 6.92 Å². The van der Waals surface area contributed by atoms with E-state index in [1.807, 2.05) is 4.57 Å². The summed E-state index contributed by atoms with van der Waals surface area (Å²) in [5, 5.41) is 7.12. The number of nitrogens with one attached hydrogen (secondary N) is 1. The number of nitrogens with zero attached hydrogens (tertiary/aromatic N) is 3. The smallest absolute Gasteiger partial charge is 0.211 e. The molecular weight excluding hydrogens is 284 g/mol. The summed E-state index contributed by atoms with van der Waals surface area (Å²) in [6.45, 7) is 4.01. The van der Waals surface area contributed by atoms with Gasteiger partial charge in [0, 0.05) is 25.6 Å². The second-order valence-electron chi connectivity index (χ2n) is 5.00. The van der Waals surface area contributed by atoms with Crippen molar-refractivity contribution in [1.82, 2.24) is 19.1 Å². The number of hydrogen-bond donors (Lipinski definition) is 1. The number of aromatic amines is 1. The maximum Gasteiger partial charge on any atom is 0.211 e. The number of rotatable bonds is 4. The molecule has 0 saturated carbocycles. The third-order valence-corrected chi connectivity index (χ3v) is 5.03. The number of hydrogen-bond acceptors (Lipinski definition) is 4. The van der Waals surface area contributed by atoms with Crippen molar-refractivity contribution in [2.45, 2.75) is 38.6 Å². The summed E-state index contributed by atoms with van der Waals surface area (Å²) in [5.74, 6) is 1.02. The topological polar surface area (TPSA) is 71.0 Å². The second-order valence-corrected chi connectivity index (χ2v) is 7.37. The highest BCUT2D eigenvalue weighted by Crippen LogP contribution is 2.27. The van der Waals surface area contributed by atoms with Crippen LogP contribution < -0.4 is 0 Å². The Hall–Kier alpha value is -0.730. The van der Waals surface area contributed by atoms with Gasteiger partial charge in [0.05, 0.1) is 6.26 Å². The van der Waals surface area contributed by atoms with Crippen molar-refractivity contribution in [3.05, 3.63) is 10.6 Å². The first-order valence-electron chi connectivity index (χ1n) is 6.53. The van der Waals surface area contributed by atoms with Crippen molar-refractivity contribution in [2.24, 2.45) is 0 Å². The largest absolute Gasteiger partial charge is 0.304 e. The van der Waals surface area contributed by atoms with Gasteiger partial charge >= 0.3 is 0 Å². The molecule has 1 aromatic heterocycles. The average Bonchev–Trinajstić information content (AvgIpc) is 2.71. The molecule has 2 rings (SSSR count). The Morgan fingerprint density at radius 1 is 1.53 bits per heavy atom. The molecule has 1 aromatic rings. The quantitative estimate of drug-likeness (QED) is 0.856. The van der Waals surface area contributed by atoms with Crippen LogP contribution in [-0.4, -0.2) is 46.8 Å². The predicted molar refractivity (Wildman–Crippen MR) is 76.1 cm³/mol. The van der Waals surface area contributed by atoms with E-state index in [-0.39, 0.29) is 5.92 Å². The van der Waals surface area contributed by atoms with Crippen molar-refractivity contribution < 1.29 is 8.42 Å². The first-order valence-corrected chi connectivity index (χ1v) is 8.79. The van der Waals surface area contributed by atoms with E-state index >= 15 is 0 Å². The van der Waals surface area contributed by atoms with Crippen molar-refractivity contribution in [2.75, 3.05) is 19.3 Å². The summed E-state index contributed by atoms with van der Waals surface area (Å²) >= 11 is 5.22. The fourth-order valence-electron chi connectivity index (χ4n) is 2.54. The molecule has 0 amide bonds. The minimum atomic E-state index is -3.13. The minimum Gasteiger partial charge on any atom is -0.304 e. The molecule has 1 atom stereocenters. The van der Waals surface area contributed by atoms with Crippen LogP contribution in [0.15, 0.2) is 0 Å². The van der Waals surface area contributed by atoms with Crippen LogP contribution in [0, 0.1) is 4.77 Å². The lowest BCUT2D eigenvalue weighted by atomic mass is 9.99. The van der Waals surface area contributed by atoms with Gasteiger partial charge in [0.2, 0.25) is 10.0 Å². The molecule has 1 fully saturated rings. The fourth-order valence-corrected chi connectivity index (χ4v) is 3.68. The van der Waals surface area contributed by atoms with Crippen LogP contribution in [0.3, 0.4) is 0 Å². The van der Waals surface area contributed by atoms with Gasteiger partial charge in [0.15, 0.2) is 4.77 Å². The first kappa shape index (κ1) is 14.7. The van der Waals surface area contributed by atoms with Crippen molar-refractivity contribution in [1.29, 1.82) is 0 Å². The van der Waals surface area contributed by atoms with Gasteiger partial charge < -0.3 is 4.57 Å². The average molecular weight is 304 g/mol. The Balaban J connectivity index is 2.25. The molecule has 108 valence electrons. The second kappa shape index (κ2) is 5.72. The van der Waals surface area contributed by atoms with E-state index in [2.05, 4.69) is 17.1 Å². The molecule has 0 bridgehead atoms. The maximum atomic E-state index is 11.6. The van der Waals surface area contributed by atoms with E-state index < -0.39 is 10.0 Å². The first-order chi connectivity index (χ1) is 8.93. The molecule has 0 spiro atoms. The number of aromatic nitrogens is 3. The monoisotopic (exact) mass is 304 g/mol. The number of H-pyrrole nitrogens is 1. The zero-order valence-electron chi connectivity index (χ0n) is 11.3. The van der Waals surface area contributed by atoms with Gasteiger partial charge in [0.25, 0.3) is 0 Å². The molecule has 1 aliphatic rings. The van der Waals surface area contributed by atoms with Gasteiger partial charge in [-0.3, -0.25) is 5.10 Å². The number of piperidine rings is 1. The van der Waals surface area contributed by atoms with Crippen molar-refractivity contribution in [3.63, 3.8) is 0 Å². The normalized spacial score (nSPS) is 21.7.